The van der Waals surface area contributed by atoms with Gasteiger partial charge in [-0.2, -0.15) is 0 Å². The number of aromatic nitrogens is 1. The van der Waals surface area contributed by atoms with E-state index in [4.69, 9.17) is 4.74 Å². The van der Waals surface area contributed by atoms with Crippen molar-refractivity contribution in [2.75, 3.05) is 6.61 Å². The molecule has 0 saturated heterocycles. The maximum Gasteiger partial charge on any atom is 0.333 e. The van der Waals surface area contributed by atoms with Gasteiger partial charge >= 0.3 is 5.97 Å². The molecule has 1 amide bonds. The largest absolute Gasteiger partial charge is 0.464 e. The molecule has 0 spiro atoms. The van der Waals surface area contributed by atoms with Gasteiger partial charge in [-0.1, -0.05) is 24.3 Å². The molecule has 0 saturated carbocycles. The van der Waals surface area contributed by atoms with Crippen LogP contribution in [0.1, 0.15) is 41.5 Å². The number of benzene rings is 1. The van der Waals surface area contributed by atoms with Crippen LogP contribution in [0.25, 0.3) is 0 Å². The number of ether oxygens (including phenoxy) is 1. The lowest BCUT2D eigenvalue weighted by Crippen LogP contribution is -2.41. The highest BCUT2D eigenvalue weighted by molar-refractivity contribution is 6.04. The molecule has 0 aliphatic carbocycles. The minimum absolute atomic E-state index is 0.132. The van der Waals surface area contributed by atoms with Crippen molar-refractivity contribution in [1.82, 2.24) is 9.88 Å². The molecule has 124 valence electrons. The molecule has 1 aromatic carbocycles. The third-order valence-electron chi connectivity index (χ3n) is 4.21. The predicted molar refractivity (Wildman–Crippen MR) is 89.4 cm³/mol. The van der Waals surface area contributed by atoms with Crippen LogP contribution in [0, 0.1) is 0 Å². The van der Waals surface area contributed by atoms with E-state index in [-0.39, 0.29) is 24.5 Å². The molecular formula is C19H20N2O3. The zero-order valence-electron chi connectivity index (χ0n) is 13.8. The van der Waals surface area contributed by atoms with Crippen LogP contribution >= 0.6 is 0 Å². The fourth-order valence-electron chi connectivity index (χ4n) is 3.17. The fraction of sp³-hybridized carbons (Fsp3) is 0.316. The summed E-state index contributed by atoms with van der Waals surface area (Å²) in [7, 11) is 0. The van der Waals surface area contributed by atoms with Crippen molar-refractivity contribution in [3.63, 3.8) is 0 Å². The number of esters is 1. The van der Waals surface area contributed by atoms with Crippen LogP contribution < -0.4 is 0 Å². The summed E-state index contributed by atoms with van der Waals surface area (Å²) in [5.74, 6) is -0.518. The van der Waals surface area contributed by atoms with Crippen molar-refractivity contribution in [2.45, 2.75) is 32.4 Å². The first-order valence-corrected chi connectivity index (χ1v) is 8.11. The molecular weight excluding hydrogens is 304 g/mol. The summed E-state index contributed by atoms with van der Waals surface area (Å²) in [6.07, 6.45) is 2.31. The maximum atomic E-state index is 12.8. The second-order valence-corrected chi connectivity index (χ2v) is 5.83. The van der Waals surface area contributed by atoms with Crippen LogP contribution in [0.3, 0.4) is 0 Å². The molecule has 5 nitrogen and oxygen atoms in total. The predicted octanol–water partition coefficient (Wildman–Crippen LogP) is 2.77. The minimum atomic E-state index is -0.688. The van der Waals surface area contributed by atoms with Crippen LogP contribution in [-0.4, -0.2) is 34.4 Å². The van der Waals surface area contributed by atoms with Crippen LogP contribution in [-0.2, 0) is 16.0 Å². The lowest BCUT2D eigenvalue weighted by atomic mass is 10.0. The average molecular weight is 324 g/mol. The van der Waals surface area contributed by atoms with Crippen molar-refractivity contribution in [3.05, 3.63) is 65.5 Å². The Kier molecular flexibility index (Phi) is 4.60. The zero-order chi connectivity index (χ0) is 17.1. The van der Waals surface area contributed by atoms with Gasteiger partial charge in [0, 0.05) is 29.9 Å². The van der Waals surface area contributed by atoms with Crippen molar-refractivity contribution in [2.24, 2.45) is 0 Å². The Hall–Kier alpha value is -2.69. The van der Waals surface area contributed by atoms with Crippen LogP contribution in [0.15, 0.2) is 48.7 Å². The molecule has 2 aromatic rings. The molecule has 0 N–H and O–H groups in total. The lowest BCUT2D eigenvalue weighted by Gasteiger charge is -2.29. The average Bonchev–Trinajstić information content (AvgIpc) is 2.89. The third kappa shape index (κ3) is 2.89. The van der Waals surface area contributed by atoms with E-state index in [0.29, 0.717) is 17.5 Å². The van der Waals surface area contributed by atoms with E-state index in [1.807, 2.05) is 43.3 Å². The Balaban J connectivity index is 1.92. The van der Waals surface area contributed by atoms with E-state index in [1.165, 1.54) is 0 Å². The van der Waals surface area contributed by atoms with Crippen molar-refractivity contribution >= 4 is 11.9 Å². The first kappa shape index (κ1) is 16.2. The molecule has 0 bridgehead atoms. The van der Waals surface area contributed by atoms with Gasteiger partial charge in [-0.3, -0.25) is 9.78 Å². The zero-order valence-corrected chi connectivity index (χ0v) is 13.8. The van der Waals surface area contributed by atoms with E-state index in [0.717, 1.165) is 5.69 Å². The first-order chi connectivity index (χ1) is 11.6. The summed E-state index contributed by atoms with van der Waals surface area (Å²) < 4.78 is 5.21. The van der Waals surface area contributed by atoms with E-state index in [1.54, 1.807) is 24.1 Å². The van der Waals surface area contributed by atoms with Gasteiger partial charge in [-0.25, -0.2) is 4.79 Å². The molecule has 0 unspecified atom stereocenters. The Morgan fingerprint density at radius 1 is 1.25 bits per heavy atom. The molecule has 24 heavy (non-hydrogen) atoms. The topological polar surface area (TPSA) is 59.5 Å². The second-order valence-electron chi connectivity index (χ2n) is 5.83. The van der Waals surface area contributed by atoms with Gasteiger partial charge in [-0.15, -0.1) is 0 Å². The van der Waals surface area contributed by atoms with Crippen molar-refractivity contribution in [3.8, 4) is 0 Å². The van der Waals surface area contributed by atoms with Gasteiger partial charge in [0.2, 0.25) is 0 Å². The highest BCUT2D eigenvalue weighted by Crippen LogP contribution is 2.36. The molecule has 2 atom stereocenters. The standard InChI is InChI=1S/C19H20N2O3/c1-3-24-19(23)17-15-9-4-5-10-16(15)18(22)21(17)13(2)12-14-8-6-7-11-20-14/h4-11,13,17H,3,12H2,1-2H3/t13-,17+/m1/s1. The summed E-state index contributed by atoms with van der Waals surface area (Å²) in [6.45, 7) is 3.99. The highest BCUT2D eigenvalue weighted by atomic mass is 16.5. The molecule has 2 heterocycles. The monoisotopic (exact) mass is 324 g/mol. The number of amides is 1. The van der Waals surface area contributed by atoms with Crippen molar-refractivity contribution < 1.29 is 14.3 Å². The SMILES string of the molecule is CCOC(=O)[C@@H]1c2ccccc2C(=O)N1[C@H](C)Cc1ccccn1. The quantitative estimate of drug-likeness (QED) is 0.794. The molecule has 0 radical (unpaired) electrons. The maximum absolute atomic E-state index is 12.8. The van der Waals surface area contributed by atoms with Gasteiger partial charge in [0.15, 0.2) is 6.04 Å². The number of rotatable bonds is 5. The van der Waals surface area contributed by atoms with Gasteiger partial charge in [0.1, 0.15) is 0 Å². The smallest absolute Gasteiger partial charge is 0.333 e. The number of carbonyl (C=O) groups excluding carboxylic acids is 2. The lowest BCUT2D eigenvalue weighted by molar-refractivity contribution is -0.149. The van der Waals surface area contributed by atoms with Crippen LogP contribution in [0.4, 0.5) is 0 Å². The Labute approximate surface area is 141 Å². The summed E-state index contributed by atoms with van der Waals surface area (Å²) in [5.41, 5.74) is 2.17. The number of hydrogen-bond donors (Lipinski definition) is 0. The Bertz CT molecular complexity index is 745. The fourth-order valence-corrected chi connectivity index (χ4v) is 3.17. The van der Waals surface area contributed by atoms with Crippen LogP contribution in [0.2, 0.25) is 0 Å². The van der Waals surface area contributed by atoms with E-state index < -0.39 is 6.04 Å². The highest BCUT2D eigenvalue weighted by Gasteiger charge is 2.44. The molecule has 1 aliphatic heterocycles. The Morgan fingerprint density at radius 3 is 2.71 bits per heavy atom. The number of nitrogens with zero attached hydrogens (tertiary/aromatic N) is 2. The number of carbonyl (C=O) groups is 2. The summed E-state index contributed by atoms with van der Waals surface area (Å²) in [6, 6.07) is 12.1. The summed E-state index contributed by atoms with van der Waals surface area (Å²) in [4.78, 5) is 31.3. The number of hydrogen-bond acceptors (Lipinski definition) is 4. The number of pyridine rings is 1. The van der Waals surface area contributed by atoms with E-state index in [2.05, 4.69) is 4.98 Å². The summed E-state index contributed by atoms with van der Waals surface area (Å²) in [5, 5.41) is 0. The first-order valence-electron chi connectivity index (χ1n) is 8.11. The third-order valence-corrected chi connectivity index (χ3v) is 4.21. The van der Waals surface area contributed by atoms with Gasteiger partial charge in [0.25, 0.3) is 5.91 Å². The van der Waals surface area contributed by atoms with Gasteiger partial charge in [0.05, 0.1) is 6.61 Å². The van der Waals surface area contributed by atoms with Gasteiger partial charge in [-0.05, 0) is 37.6 Å². The Morgan fingerprint density at radius 2 is 2.00 bits per heavy atom. The van der Waals surface area contributed by atoms with Crippen molar-refractivity contribution in [1.29, 1.82) is 0 Å². The molecule has 0 fully saturated rings. The van der Waals surface area contributed by atoms with E-state index >= 15 is 0 Å². The minimum Gasteiger partial charge on any atom is -0.464 e. The van der Waals surface area contributed by atoms with Gasteiger partial charge < -0.3 is 9.64 Å². The molecule has 3 rings (SSSR count). The van der Waals surface area contributed by atoms with Crippen LogP contribution in [0.5, 0.6) is 0 Å². The number of fused-ring (bicyclic) bond motifs is 1. The van der Waals surface area contributed by atoms with E-state index in [9.17, 15) is 9.59 Å². The summed E-state index contributed by atoms with van der Waals surface area (Å²) >= 11 is 0. The molecule has 1 aromatic heterocycles. The molecule has 5 heteroatoms. The second kappa shape index (κ2) is 6.83. The molecule has 1 aliphatic rings. The normalized spacial score (nSPS) is 17.5.